The van der Waals surface area contributed by atoms with Crippen LogP contribution in [0.15, 0.2) is 0 Å². The predicted octanol–water partition coefficient (Wildman–Crippen LogP) is 9.66. The summed E-state index contributed by atoms with van der Waals surface area (Å²) in [6.07, 6.45) is 16.4. The molecule has 0 aromatic heterocycles. The Morgan fingerprint density at radius 3 is 1.14 bits per heavy atom. The van der Waals surface area contributed by atoms with E-state index in [1.807, 2.05) is 68.9 Å². The van der Waals surface area contributed by atoms with Crippen LogP contribution in [0.3, 0.4) is 0 Å². The lowest BCUT2D eigenvalue weighted by atomic mass is 10.1. The molecule has 12 heteroatoms. The Morgan fingerprint density at radius 2 is 0.810 bits per heavy atom. The molecule has 254 valence electrons. The van der Waals surface area contributed by atoms with E-state index in [0.29, 0.717) is 26.4 Å². The average molecular weight is 707 g/mol. The molecule has 0 aliphatic rings. The first-order chi connectivity index (χ1) is 20.6. The third kappa shape index (κ3) is 24.8. The zero-order chi connectivity index (χ0) is 31.0. The van der Waals surface area contributed by atoms with Crippen molar-refractivity contribution in [1.82, 2.24) is 0 Å². The van der Waals surface area contributed by atoms with Gasteiger partial charge in [0, 0.05) is 50.8 Å². The van der Waals surface area contributed by atoms with Crippen molar-refractivity contribution in [3.05, 3.63) is 0 Å². The number of unbranched alkanes of at least 4 members (excludes halogenated alkanes) is 8. The molecule has 0 aromatic rings. The monoisotopic (exact) mass is 706 g/mol. The molecule has 0 atom stereocenters. The molecule has 0 bridgehead atoms. The van der Waals surface area contributed by atoms with Crippen molar-refractivity contribution in [1.29, 1.82) is 0 Å². The summed E-state index contributed by atoms with van der Waals surface area (Å²) in [5, 5.41) is 0. The van der Waals surface area contributed by atoms with Gasteiger partial charge < -0.3 is 27.8 Å². The second-order valence-electron chi connectivity index (χ2n) is 10.3. The van der Waals surface area contributed by atoms with Crippen LogP contribution in [0.1, 0.15) is 131 Å². The summed E-state index contributed by atoms with van der Waals surface area (Å²) in [5.41, 5.74) is 0. The molecule has 0 aliphatic heterocycles. The van der Waals surface area contributed by atoms with Crippen LogP contribution in [0.2, 0.25) is 12.1 Å². The van der Waals surface area contributed by atoms with Crippen LogP contribution in [-0.2, 0) is 27.8 Å². The van der Waals surface area contributed by atoms with Crippen LogP contribution >= 0.6 is 41.2 Å². The van der Waals surface area contributed by atoms with Gasteiger partial charge in [0.15, 0.2) is 19.5 Å². The summed E-state index contributed by atoms with van der Waals surface area (Å²) < 4.78 is 36.7. The summed E-state index contributed by atoms with van der Waals surface area (Å²) >= 11 is 0. The summed E-state index contributed by atoms with van der Waals surface area (Å²) in [7, 11) is 6.40. The van der Waals surface area contributed by atoms with Gasteiger partial charge in [0.2, 0.25) is 0 Å². The third-order valence-corrected chi connectivity index (χ3v) is 16.1. The van der Waals surface area contributed by atoms with Crippen LogP contribution in [0.5, 0.6) is 0 Å². The fourth-order valence-corrected chi connectivity index (χ4v) is 14.0. The van der Waals surface area contributed by atoms with Crippen molar-refractivity contribution in [3.8, 4) is 0 Å². The van der Waals surface area contributed by atoms with Gasteiger partial charge >= 0.3 is 0 Å². The Labute approximate surface area is 280 Å². The standard InChI is InChI=1S/C30H66O6S4Si2/c1-7-13-15-17-19-23-29(31-9-3,32-10-4)35-41-27-21-25-37-39-40-38-26-22-28-42-36-30(33-11-5,34-12-6)24-20-18-16-14-8-2/h7-28,41-42H2,1-6H3. The number of hydrogen-bond donors (Lipinski definition) is 0. The second kappa shape index (κ2) is 32.5. The predicted molar refractivity (Wildman–Crippen MR) is 197 cm³/mol. The first-order valence-corrected chi connectivity index (χ1v) is 25.3. The number of rotatable bonds is 35. The van der Waals surface area contributed by atoms with Crippen LogP contribution < -0.4 is 0 Å². The average Bonchev–Trinajstić information content (AvgIpc) is 2.97. The maximum Gasteiger partial charge on any atom is 0.272 e. The van der Waals surface area contributed by atoms with Crippen molar-refractivity contribution in [3.63, 3.8) is 0 Å². The van der Waals surface area contributed by atoms with Gasteiger partial charge in [0.05, 0.1) is 0 Å². The first kappa shape index (κ1) is 43.6. The summed E-state index contributed by atoms with van der Waals surface area (Å²) in [6.45, 7) is 15.1. The van der Waals surface area contributed by atoms with E-state index in [0.717, 1.165) is 49.3 Å². The van der Waals surface area contributed by atoms with Gasteiger partial charge in [-0.05, 0) is 85.1 Å². The zero-order valence-corrected chi connectivity index (χ0v) is 34.1. The Hall–Kier alpha value is 1.59. The van der Waals surface area contributed by atoms with Crippen molar-refractivity contribution >= 4 is 60.8 Å². The van der Waals surface area contributed by atoms with Crippen LogP contribution in [-0.4, -0.2) is 69.4 Å². The highest BCUT2D eigenvalue weighted by Gasteiger charge is 2.32. The largest absolute Gasteiger partial charge is 0.376 e. The molecule has 0 aromatic carbocycles. The van der Waals surface area contributed by atoms with E-state index < -0.39 is 31.5 Å². The topological polar surface area (TPSA) is 55.4 Å². The molecule has 0 saturated heterocycles. The van der Waals surface area contributed by atoms with Gasteiger partial charge in [-0.3, -0.25) is 0 Å². The quantitative estimate of drug-likeness (QED) is 0.0276. The molecule has 0 aliphatic carbocycles. The Morgan fingerprint density at radius 1 is 0.452 bits per heavy atom. The smallest absolute Gasteiger partial charge is 0.272 e. The van der Waals surface area contributed by atoms with E-state index in [-0.39, 0.29) is 0 Å². The van der Waals surface area contributed by atoms with E-state index in [2.05, 4.69) is 13.8 Å². The molecule has 0 rings (SSSR count). The van der Waals surface area contributed by atoms with Crippen LogP contribution in [0, 0.1) is 0 Å². The van der Waals surface area contributed by atoms with Crippen molar-refractivity contribution < 1.29 is 27.8 Å². The molecule has 0 spiro atoms. The van der Waals surface area contributed by atoms with Gasteiger partial charge in [-0.2, -0.15) is 0 Å². The van der Waals surface area contributed by atoms with Gasteiger partial charge in [0.1, 0.15) is 0 Å². The molecule has 6 nitrogen and oxygen atoms in total. The Balaban J connectivity index is 3.98. The Bertz CT molecular complexity index is 500. The molecule has 0 N–H and O–H groups in total. The lowest BCUT2D eigenvalue weighted by Crippen LogP contribution is -2.40. The highest BCUT2D eigenvalue weighted by Crippen LogP contribution is 2.43. The molecule has 0 unspecified atom stereocenters. The van der Waals surface area contributed by atoms with E-state index in [9.17, 15) is 0 Å². The lowest BCUT2D eigenvalue weighted by molar-refractivity contribution is -0.346. The minimum atomic E-state index is -0.800. The minimum absolute atomic E-state index is 0.625. The minimum Gasteiger partial charge on any atom is -0.376 e. The van der Waals surface area contributed by atoms with Crippen molar-refractivity contribution in [2.45, 2.75) is 155 Å². The molecular formula is C30H66O6S4Si2. The lowest BCUT2D eigenvalue weighted by Gasteiger charge is -2.33. The van der Waals surface area contributed by atoms with Crippen molar-refractivity contribution in [2.24, 2.45) is 0 Å². The fraction of sp³-hybridized carbons (Fsp3) is 1.00. The molecule has 0 radical (unpaired) electrons. The molecule has 0 heterocycles. The summed E-state index contributed by atoms with van der Waals surface area (Å²) in [5.74, 6) is 0.730. The highest BCUT2D eigenvalue weighted by atomic mass is 33.7. The van der Waals surface area contributed by atoms with E-state index in [4.69, 9.17) is 27.8 Å². The first-order valence-electron chi connectivity index (χ1n) is 17.0. The maximum atomic E-state index is 6.34. The molecule has 0 fully saturated rings. The van der Waals surface area contributed by atoms with E-state index in [1.54, 1.807) is 0 Å². The summed E-state index contributed by atoms with van der Waals surface area (Å²) in [4.78, 5) is 0. The molecule has 0 saturated carbocycles. The molecule has 42 heavy (non-hydrogen) atoms. The second-order valence-corrected chi connectivity index (χ2v) is 19.4. The van der Waals surface area contributed by atoms with Gasteiger partial charge in [-0.25, -0.2) is 0 Å². The van der Waals surface area contributed by atoms with Crippen molar-refractivity contribution in [2.75, 3.05) is 37.9 Å². The van der Waals surface area contributed by atoms with E-state index >= 15 is 0 Å². The molecular weight excluding hydrogens is 641 g/mol. The van der Waals surface area contributed by atoms with Gasteiger partial charge in [-0.1, -0.05) is 86.8 Å². The highest BCUT2D eigenvalue weighted by molar-refractivity contribution is 9.26. The number of hydrogen-bond acceptors (Lipinski definition) is 10. The molecule has 0 amide bonds. The third-order valence-electron chi connectivity index (χ3n) is 6.64. The number of ether oxygens (including phenoxy) is 4. The van der Waals surface area contributed by atoms with Gasteiger partial charge in [0.25, 0.3) is 11.9 Å². The van der Waals surface area contributed by atoms with Crippen LogP contribution in [0.4, 0.5) is 0 Å². The Kier molecular flexibility index (Phi) is 33.8. The van der Waals surface area contributed by atoms with E-state index in [1.165, 1.54) is 64.2 Å². The van der Waals surface area contributed by atoms with Gasteiger partial charge in [-0.15, -0.1) is 0 Å². The SMILES string of the molecule is CCCCCCCC(OCC)(OCC)O[SiH2]CCCSSSSCCC[SiH2]OC(CCCCCCC)(OCC)OCC. The fourth-order valence-electron chi connectivity index (χ4n) is 4.54. The van der Waals surface area contributed by atoms with Crippen LogP contribution in [0.25, 0.3) is 0 Å². The zero-order valence-electron chi connectivity index (χ0n) is 28.1. The maximum absolute atomic E-state index is 6.34. The summed E-state index contributed by atoms with van der Waals surface area (Å²) in [6, 6.07) is 2.33. The normalized spacial score (nSPS) is 13.0.